The molecule has 0 amide bonds. The molecule has 0 bridgehead atoms. The Morgan fingerprint density at radius 2 is 1.91 bits per heavy atom. The second-order valence-electron chi connectivity index (χ2n) is 8.04. The van der Waals surface area contributed by atoms with E-state index in [-0.39, 0.29) is 32.9 Å². The van der Waals surface area contributed by atoms with Crippen molar-refractivity contribution < 1.29 is 18.7 Å². The quantitative estimate of drug-likeness (QED) is 0.595. The van der Waals surface area contributed by atoms with Gasteiger partial charge in [0.05, 0.1) is 5.56 Å². The fourth-order valence-corrected chi connectivity index (χ4v) is 4.89. The van der Waals surface area contributed by atoms with Crippen molar-refractivity contribution in [1.29, 1.82) is 0 Å². The molecule has 168 valence electrons. The van der Waals surface area contributed by atoms with Gasteiger partial charge in [-0.2, -0.15) is 0 Å². The summed E-state index contributed by atoms with van der Waals surface area (Å²) >= 11 is 0.948. The van der Waals surface area contributed by atoms with Gasteiger partial charge >= 0.3 is 0 Å². The first-order chi connectivity index (χ1) is 15.3. The fourth-order valence-electron chi connectivity index (χ4n) is 4.01. The van der Waals surface area contributed by atoms with Gasteiger partial charge in [0.15, 0.2) is 22.1 Å². The van der Waals surface area contributed by atoms with Gasteiger partial charge in [0, 0.05) is 36.5 Å². The summed E-state index contributed by atoms with van der Waals surface area (Å²) in [5.74, 6) is -2.15. The van der Waals surface area contributed by atoms with E-state index in [9.17, 15) is 23.5 Å². The average molecular weight is 461 g/mol. The molecule has 3 aromatic rings. The van der Waals surface area contributed by atoms with Gasteiger partial charge in [0.2, 0.25) is 5.43 Å². The minimum absolute atomic E-state index is 0.0589. The summed E-state index contributed by atoms with van der Waals surface area (Å²) in [4.78, 5) is 26.7. The molecular formula is C22H22F2N4O3S. The maximum Gasteiger partial charge on any atom is 0.234 e. The molecule has 4 rings (SSSR count). The van der Waals surface area contributed by atoms with E-state index in [4.69, 9.17) is 0 Å². The number of carbonyl (C=O) groups excluding carboxylic acids is 1. The number of pyridine rings is 1. The first kappa shape index (κ1) is 22.2. The van der Waals surface area contributed by atoms with Crippen LogP contribution in [0.15, 0.2) is 29.2 Å². The molecule has 1 aliphatic rings. The molecule has 1 N–H and O–H groups in total. The highest BCUT2D eigenvalue weighted by atomic mass is 32.1. The molecule has 0 radical (unpaired) electrons. The highest BCUT2D eigenvalue weighted by molar-refractivity contribution is 7.17. The van der Waals surface area contributed by atoms with Crippen molar-refractivity contribution in [3.05, 3.63) is 51.9 Å². The van der Waals surface area contributed by atoms with Crippen LogP contribution in [0.25, 0.3) is 21.1 Å². The first-order valence-electron chi connectivity index (χ1n) is 10.2. The predicted octanol–water partition coefficient (Wildman–Crippen LogP) is 3.88. The Kier molecular flexibility index (Phi) is 6.16. The van der Waals surface area contributed by atoms with Crippen LogP contribution in [-0.4, -0.2) is 50.7 Å². The van der Waals surface area contributed by atoms with Crippen molar-refractivity contribution in [2.24, 2.45) is 0 Å². The average Bonchev–Trinajstić information content (AvgIpc) is 3.17. The second-order valence-corrected chi connectivity index (χ2v) is 9.02. The molecule has 0 saturated carbocycles. The van der Waals surface area contributed by atoms with Crippen LogP contribution in [0, 0.1) is 11.6 Å². The van der Waals surface area contributed by atoms with Gasteiger partial charge in [-0.05, 0) is 45.4 Å². The van der Waals surface area contributed by atoms with Crippen LogP contribution in [0.5, 0.6) is 5.75 Å². The summed E-state index contributed by atoms with van der Waals surface area (Å²) in [7, 11) is 2.00. The summed E-state index contributed by atoms with van der Waals surface area (Å²) in [6, 6.07) is 3.36. The summed E-state index contributed by atoms with van der Waals surface area (Å²) in [5.41, 5.74) is -0.704. The summed E-state index contributed by atoms with van der Waals surface area (Å²) in [6.07, 6.45) is 4.72. The third-order valence-corrected chi connectivity index (χ3v) is 6.97. The van der Waals surface area contributed by atoms with Crippen LogP contribution in [0.1, 0.15) is 42.7 Å². The summed E-state index contributed by atoms with van der Waals surface area (Å²) < 4.78 is 29.0. The summed E-state index contributed by atoms with van der Waals surface area (Å²) in [6.45, 7) is 2.78. The molecule has 2 aromatic heterocycles. The smallest absolute Gasteiger partial charge is 0.234 e. The number of aromatic nitrogens is 3. The van der Waals surface area contributed by atoms with E-state index in [1.165, 1.54) is 12.3 Å². The number of nitrogens with zero attached hydrogens (tertiary/aromatic N) is 4. The van der Waals surface area contributed by atoms with Crippen molar-refractivity contribution in [3.8, 4) is 26.9 Å². The number of likely N-dealkylation sites (N-methyl/N-ethyl adjacent to an activating group) is 1. The molecule has 0 spiro atoms. The van der Waals surface area contributed by atoms with E-state index >= 15 is 0 Å². The van der Waals surface area contributed by atoms with E-state index in [1.54, 1.807) is 4.57 Å². The van der Waals surface area contributed by atoms with E-state index in [0.29, 0.717) is 18.9 Å². The number of likely N-dealkylation sites (tertiary alicyclic amines) is 1. The van der Waals surface area contributed by atoms with E-state index in [0.717, 1.165) is 42.7 Å². The standard InChI is InChI=1S/C22H22F2N4O3S/c1-12-4-3-5-14(9-27(12)2)28-10-16(19(30)20(31)18(28)11-29)22-26-25-21(32-22)15-7-6-13(23)8-17(15)24/h6-8,10-12,14,31H,3-5,9H2,1-2H3. The maximum atomic E-state index is 14.2. The molecule has 1 aliphatic heterocycles. The third kappa shape index (κ3) is 4.07. The zero-order valence-electron chi connectivity index (χ0n) is 17.6. The van der Waals surface area contributed by atoms with Gasteiger partial charge in [-0.1, -0.05) is 11.3 Å². The number of hydrogen-bond acceptors (Lipinski definition) is 7. The van der Waals surface area contributed by atoms with Gasteiger partial charge < -0.3 is 14.6 Å². The highest BCUT2D eigenvalue weighted by Crippen LogP contribution is 2.33. The van der Waals surface area contributed by atoms with Crippen molar-refractivity contribution in [1.82, 2.24) is 19.7 Å². The lowest BCUT2D eigenvalue weighted by Crippen LogP contribution is -2.33. The van der Waals surface area contributed by atoms with Crippen LogP contribution in [0.3, 0.4) is 0 Å². The van der Waals surface area contributed by atoms with E-state index in [2.05, 4.69) is 22.0 Å². The Morgan fingerprint density at radius 1 is 1.19 bits per heavy atom. The maximum absolute atomic E-state index is 14.2. The van der Waals surface area contributed by atoms with Crippen LogP contribution < -0.4 is 5.43 Å². The second kappa shape index (κ2) is 8.87. The number of benzene rings is 1. The zero-order chi connectivity index (χ0) is 23.0. The van der Waals surface area contributed by atoms with Crippen LogP contribution in [-0.2, 0) is 0 Å². The molecule has 10 heteroatoms. The SMILES string of the molecule is CC1CCCC(n2cc(-c3nnc(-c4ccc(F)cc4F)s3)c(=O)c(O)c2C=O)CN1C. The number of hydrogen-bond donors (Lipinski definition) is 1. The van der Waals surface area contributed by atoms with Gasteiger partial charge in [-0.15, -0.1) is 10.2 Å². The Morgan fingerprint density at radius 3 is 2.59 bits per heavy atom. The van der Waals surface area contributed by atoms with Crippen LogP contribution in [0.4, 0.5) is 8.78 Å². The van der Waals surface area contributed by atoms with Gasteiger partial charge in [0.25, 0.3) is 0 Å². The Hall–Kier alpha value is -2.98. The lowest BCUT2D eigenvalue weighted by Gasteiger charge is -2.27. The van der Waals surface area contributed by atoms with Crippen molar-refractivity contribution in [2.45, 2.75) is 38.3 Å². The van der Waals surface area contributed by atoms with Crippen molar-refractivity contribution in [2.75, 3.05) is 13.6 Å². The zero-order valence-corrected chi connectivity index (χ0v) is 18.4. The number of rotatable bonds is 4. The van der Waals surface area contributed by atoms with Crippen LogP contribution in [0.2, 0.25) is 0 Å². The molecule has 7 nitrogen and oxygen atoms in total. The fraction of sp³-hybridized carbons (Fsp3) is 0.364. The normalized spacial score (nSPS) is 19.6. The minimum Gasteiger partial charge on any atom is -0.503 e. The number of aldehydes is 1. The lowest BCUT2D eigenvalue weighted by molar-refractivity contribution is 0.110. The molecule has 32 heavy (non-hydrogen) atoms. The first-order valence-corrected chi connectivity index (χ1v) is 11.0. The molecule has 1 fully saturated rings. The molecular weight excluding hydrogens is 438 g/mol. The highest BCUT2D eigenvalue weighted by Gasteiger charge is 2.26. The summed E-state index contributed by atoms with van der Waals surface area (Å²) in [5, 5.41) is 18.8. The van der Waals surface area contributed by atoms with Gasteiger partial charge in [-0.25, -0.2) is 8.78 Å². The van der Waals surface area contributed by atoms with Crippen LogP contribution >= 0.6 is 11.3 Å². The van der Waals surface area contributed by atoms with E-state index < -0.39 is 22.8 Å². The van der Waals surface area contributed by atoms with Gasteiger partial charge in [-0.3, -0.25) is 9.59 Å². The minimum atomic E-state index is -0.792. The Bertz CT molecular complexity index is 1230. The monoisotopic (exact) mass is 460 g/mol. The van der Waals surface area contributed by atoms with Crippen molar-refractivity contribution in [3.63, 3.8) is 0 Å². The topological polar surface area (TPSA) is 88.3 Å². The molecule has 2 unspecified atom stereocenters. The Labute approximate surface area is 187 Å². The van der Waals surface area contributed by atoms with Gasteiger partial charge in [0.1, 0.15) is 17.3 Å². The molecule has 0 aliphatic carbocycles. The lowest BCUT2D eigenvalue weighted by atomic mass is 10.1. The molecule has 1 aromatic carbocycles. The largest absolute Gasteiger partial charge is 0.503 e. The third-order valence-electron chi connectivity index (χ3n) is 5.98. The number of aromatic hydroxyl groups is 1. The molecule has 2 atom stereocenters. The molecule has 1 saturated heterocycles. The predicted molar refractivity (Wildman–Crippen MR) is 117 cm³/mol. The number of halogens is 2. The number of carbonyl (C=O) groups is 1. The Balaban J connectivity index is 1.80. The van der Waals surface area contributed by atoms with Crippen molar-refractivity contribution >= 4 is 17.6 Å². The van der Waals surface area contributed by atoms with E-state index in [1.807, 2.05) is 7.05 Å². The molecule has 3 heterocycles.